The molecule has 2 aromatic heterocycles. The molecule has 0 spiro atoms. The first-order valence-electron chi connectivity index (χ1n) is 5.59. The third kappa shape index (κ3) is 2.55. The van der Waals surface area contributed by atoms with Crippen molar-refractivity contribution in [3.05, 3.63) is 30.5 Å². The van der Waals surface area contributed by atoms with Crippen molar-refractivity contribution in [2.24, 2.45) is 0 Å². The fourth-order valence-electron chi connectivity index (χ4n) is 1.63. The number of hydrogen-bond donors (Lipinski definition) is 0. The van der Waals surface area contributed by atoms with Gasteiger partial charge in [0.2, 0.25) is 17.7 Å². The summed E-state index contributed by atoms with van der Waals surface area (Å²) in [6.07, 6.45) is 5.02. The van der Waals surface area contributed by atoms with Gasteiger partial charge in [0.15, 0.2) is 0 Å². The number of imidazole rings is 1. The van der Waals surface area contributed by atoms with Crippen molar-refractivity contribution >= 4 is 5.91 Å². The van der Waals surface area contributed by atoms with E-state index in [0.29, 0.717) is 18.3 Å². The topological polar surface area (TPSA) is 77.1 Å². The molecule has 0 aliphatic heterocycles. The van der Waals surface area contributed by atoms with Crippen LogP contribution >= 0.6 is 0 Å². The Labute approximate surface area is 104 Å². The van der Waals surface area contributed by atoms with E-state index in [9.17, 15) is 4.79 Å². The number of rotatable bonds is 4. The molecule has 7 nitrogen and oxygen atoms in total. The minimum absolute atomic E-state index is 0.0381. The second kappa shape index (κ2) is 4.99. The van der Waals surface area contributed by atoms with Gasteiger partial charge in [0.25, 0.3) is 0 Å². The molecule has 0 bridgehead atoms. The van der Waals surface area contributed by atoms with Crippen LogP contribution in [0.15, 0.2) is 23.1 Å². The summed E-state index contributed by atoms with van der Waals surface area (Å²) < 4.78 is 6.99. The van der Waals surface area contributed by atoms with Crippen LogP contribution < -0.4 is 0 Å². The van der Waals surface area contributed by atoms with Crippen molar-refractivity contribution in [2.45, 2.75) is 26.4 Å². The van der Waals surface area contributed by atoms with E-state index in [2.05, 4.69) is 15.2 Å². The lowest BCUT2D eigenvalue weighted by molar-refractivity contribution is -0.133. The highest BCUT2D eigenvalue weighted by Crippen LogP contribution is 2.10. The Hall–Kier alpha value is -2.18. The van der Waals surface area contributed by atoms with Crippen LogP contribution in [0, 0.1) is 6.92 Å². The van der Waals surface area contributed by atoms with Crippen molar-refractivity contribution in [1.29, 1.82) is 0 Å². The monoisotopic (exact) mass is 249 g/mol. The first-order chi connectivity index (χ1) is 8.58. The predicted molar refractivity (Wildman–Crippen MR) is 62.4 cm³/mol. The molecule has 1 atom stereocenters. The first-order valence-corrected chi connectivity index (χ1v) is 5.59. The zero-order chi connectivity index (χ0) is 13.1. The molecule has 0 N–H and O–H groups in total. The molecule has 2 aromatic rings. The van der Waals surface area contributed by atoms with Crippen LogP contribution in [0.2, 0.25) is 0 Å². The second-order valence-electron chi connectivity index (χ2n) is 4.09. The molecule has 1 amide bonds. The van der Waals surface area contributed by atoms with Crippen molar-refractivity contribution < 1.29 is 9.21 Å². The van der Waals surface area contributed by atoms with Gasteiger partial charge in [-0.15, -0.1) is 10.2 Å². The minimum Gasteiger partial charge on any atom is -0.424 e. The third-order valence-corrected chi connectivity index (χ3v) is 2.65. The highest BCUT2D eigenvalue weighted by Gasteiger charge is 2.20. The molecule has 7 heteroatoms. The Morgan fingerprint density at radius 3 is 2.89 bits per heavy atom. The van der Waals surface area contributed by atoms with Crippen LogP contribution in [0.3, 0.4) is 0 Å². The summed E-state index contributed by atoms with van der Waals surface area (Å²) in [6.45, 7) is 3.84. The summed E-state index contributed by atoms with van der Waals surface area (Å²) >= 11 is 0. The Balaban J connectivity index is 2.00. The number of carbonyl (C=O) groups excluding carboxylic acids is 1. The molecule has 18 heavy (non-hydrogen) atoms. The summed E-state index contributed by atoms with van der Waals surface area (Å²) in [5.74, 6) is 0.888. The quantitative estimate of drug-likeness (QED) is 0.800. The van der Waals surface area contributed by atoms with Gasteiger partial charge < -0.3 is 13.9 Å². The molecule has 0 saturated heterocycles. The lowest BCUT2D eigenvalue weighted by Gasteiger charge is -2.20. The maximum atomic E-state index is 12.1. The van der Waals surface area contributed by atoms with Crippen LogP contribution in [-0.4, -0.2) is 37.6 Å². The Kier molecular flexibility index (Phi) is 3.40. The highest BCUT2D eigenvalue weighted by molar-refractivity contribution is 5.79. The smallest absolute Gasteiger partial charge is 0.245 e. The number of carbonyl (C=O) groups is 1. The van der Waals surface area contributed by atoms with Gasteiger partial charge in [0, 0.05) is 26.4 Å². The Morgan fingerprint density at radius 2 is 2.33 bits per heavy atom. The van der Waals surface area contributed by atoms with E-state index in [4.69, 9.17) is 4.42 Å². The molecule has 2 rings (SSSR count). The van der Waals surface area contributed by atoms with Crippen LogP contribution in [0.1, 0.15) is 24.7 Å². The molecule has 0 aromatic carbocycles. The number of likely N-dealkylation sites (N-methyl/N-ethyl adjacent to an activating group) is 1. The number of hydrogen-bond acceptors (Lipinski definition) is 5. The van der Waals surface area contributed by atoms with Gasteiger partial charge in [-0.1, -0.05) is 0 Å². The molecule has 0 fully saturated rings. The van der Waals surface area contributed by atoms with Gasteiger partial charge in [-0.2, -0.15) is 0 Å². The number of aryl methyl sites for hydroxylation is 1. The molecule has 0 radical (unpaired) electrons. The molecule has 2 heterocycles. The zero-order valence-electron chi connectivity index (χ0n) is 10.6. The lowest BCUT2D eigenvalue weighted by Crippen LogP contribution is -2.32. The van der Waals surface area contributed by atoms with E-state index in [1.165, 1.54) is 0 Å². The molecule has 0 aliphatic rings. The lowest BCUT2D eigenvalue weighted by atomic mass is 10.3. The summed E-state index contributed by atoms with van der Waals surface area (Å²) in [7, 11) is 1.70. The minimum atomic E-state index is -0.304. The van der Waals surface area contributed by atoms with E-state index < -0.39 is 0 Å². The maximum absolute atomic E-state index is 12.1. The number of nitrogens with zero attached hydrogens (tertiary/aromatic N) is 5. The van der Waals surface area contributed by atoms with Crippen molar-refractivity contribution in [3.63, 3.8) is 0 Å². The van der Waals surface area contributed by atoms with Crippen molar-refractivity contribution in [1.82, 2.24) is 24.6 Å². The molecule has 0 unspecified atom stereocenters. The third-order valence-electron chi connectivity index (χ3n) is 2.65. The van der Waals surface area contributed by atoms with Gasteiger partial charge in [-0.25, -0.2) is 4.98 Å². The van der Waals surface area contributed by atoms with E-state index in [1.807, 2.05) is 6.92 Å². The second-order valence-corrected chi connectivity index (χ2v) is 4.09. The van der Waals surface area contributed by atoms with E-state index >= 15 is 0 Å². The van der Waals surface area contributed by atoms with Crippen LogP contribution in [-0.2, 0) is 11.3 Å². The molecular formula is C11H15N5O2. The molecule has 0 aliphatic carbocycles. The van der Waals surface area contributed by atoms with Gasteiger partial charge >= 0.3 is 0 Å². The molecule has 0 saturated carbocycles. The summed E-state index contributed by atoms with van der Waals surface area (Å²) in [6, 6.07) is -0.304. The van der Waals surface area contributed by atoms with E-state index in [1.54, 1.807) is 42.2 Å². The molecular weight excluding hydrogens is 234 g/mol. The average molecular weight is 249 g/mol. The normalized spacial score (nSPS) is 12.4. The van der Waals surface area contributed by atoms with Crippen LogP contribution in [0.25, 0.3) is 0 Å². The Bertz CT molecular complexity index is 519. The van der Waals surface area contributed by atoms with Crippen molar-refractivity contribution in [2.75, 3.05) is 7.05 Å². The fraction of sp³-hybridized carbons (Fsp3) is 0.455. The average Bonchev–Trinajstić information content (AvgIpc) is 2.98. The largest absolute Gasteiger partial charge is 0.424 e. The fourth-order valence-corrected chi connectivity index (χ4v) is 1.63. The van der Waals surface area contributed by atoms with Gasteiger partial charge in [0.05, 0.1) is 12.9 Å². The predicted octanol–water partition coefficient (Wildman–Crippen LogP) is 0.794. The highest BCUT2D eigenvalue weighted by atomic mass is 16.4. The standard InChI is InChI=1S/C11H15N5O2/c1-8(16-5-4-12-7-16)11(17)15(3)6-10-14-13-9(2)18-10/h4-5,7-8H,6H2,1-3H3/t8-/m1/s1. The number of amides is 1. The summed E-state index contributed by atoms with van der Waals surface area (Å²) in [5.41, 5.74) is 0. The maximum Gasteiger partial charge on any atom is 0.245 e. The van der Waals surface area contributed by atoms with E-state index in [0.717, 1.165) is 0 Å². The zero-order valence-corrected chi connectivity index (χ0v) is 10.6. The van der Waals surface area contributed by atoms with Crippen molar-refractivity contribution in [3.8, 4) is 0 Å². The number of aromatic nitrogens is 4. The van der Waals surface area contributed by atoms with Crippen LogP contribution in [0.4, 0.5) is 0 Å². The van der Waals surface area contributed by atoms with Gasteiger partial charge in [-0.05, 0) is 6.92 Å². The molecule has 96 valence electrons. The van der Waals surface area contributed by atoms with Crippen LogP contribution in [0.5, 0.6) is 0 Å². The SMILES string of the molecule is Cc1nnc(CN(C)C(=O)[C@@H](C)n2ccnc2)o1. The van der Waals surface area contributed by atoms with Gasteiger partial charge in [0.1, 0.15) is 6.04 Å². The summed E-state index contributed by atoms with van der Waals surface area (Å²) in [5, 5.41) is 7.58. The Morgan fingerprint density at radius 1 is 1.56 bits per heavy atom. The summed E-state index contributed by atoms with van der Waals surface area (Å²) in [4.78, 5) is 17.6. The van der Waals surface area contributed by atoms with E-state index in [-0.39, 0.29) is 11.9 Å². The first kappa shape index (κ1) is 12.3. The van der Waals surface area contributed by atoms with Gasteiger partial charge in [-0.3, -0.25) is 4.79 Å².